The molecule has 0 saturated carbocycles. The summed E-state index contributed by atoms with van der Waals surface area (Å²) in [7, 11) is -1.58. The van der Waals surface area contributed by atoms with E-state index in [0.717, 1.165) is 57.0 Å². The number of benzene rings is 3. The van der Waals surface area contributed by atoms with Crippen LogP contribution in [0.2, 0.25) is 0 Å². The van der Waals surface area contributed by atoms with Crippen LogP contribution >= 0.6 is 8.24 Å². The number of hydrogen-bond donors (Lipinski definition) is 1. The minimum absolute atomic E-state index is 0.111. The van der Waals surface area contributed by atoms with Gasteiger partial charge in [-0.15, -0.1) is 0 Å². The molecule has 4 rings (SSSR count). The van der Waals surface area contributed by atoms with Crippen molar-refractivity contribution in [3.8, 4) is 5.75 Å². The van der Waals surface area contributed by atoms with E-state index in [1.807, 2.05) is 6.92 Å². The Morgan fingerprint density at radius 1 is 0.771 bits per heavy atom. The molecule has 0 aliphatic heterocycles. The molecule has 1 heterocycles. The molecule has 5 heteroatoms. The van der Waals surface area contributed by atoms with E-state index in [0.29, 0.717) is 12.4 Å². The van der Waals surface area contributed by atoms with Crippen molar-refractivity contribution in [1.29, 1.82) is 0 Å². The first kappa shape index (κ1) is 25.4. The summed E-state index contributed by atoms with van der Waals surface area (Å²) in [5.74, 6) is 0.398. The SMILES string of the molecule is Cc1cc(C)c2op(OCCCc3cc(C)c(O)c(C(C)(C)C)c3)oc3c(C)cc(C)cc3c2c1. The zero-order valence-corrected chi connectivity index (χ0v) is 23.1. The molecule has 1 N–H and O–H groups in total. The third-order valence-electron chi connectivity index (χ3n) is 6.43. The normalized spacial score (nSPS) is 12.0. The lowest BCUT2D eigenvalue weighted by Gasteiger charge is -2.22. The van der Waals surface area contributed by atoms with Crippen molar-refractivity contribution in [3.63, 3.8) is 0 Å². The quantitative estimate of drug-likeness (QED) is 0.283. The van der Waals surface area contributed by atoms with Gasteiger partial charge in [0.05, 0.1) is 6.61 Å². The Hall–Kier alpha value is -2.68. The first-order valence-corrected chi connectivity index (χ1v) is 13.4. The van der Waals surface area contributed by atoms with Gasteiger partial charge in [-0.25, -0.2) is 0 Å². The molecule has 0 aliphatic carbocycles. The Labute approximate surface area is 209 Å². The molecule has 4 aromatic rings. The summed E-state index contributed by atoms with van der Waals surface area (Å²) in [5, 5.41) is 12.6. The van der Waals surface area contributed by atoms with E-state index in [2.05, 4.69) is 84.9 Å². The molecule has 0 aliphatic rings. The van der Waals surface area contributed by atoms with E-state index in [4.69, 9.17) is 12.9 Å². The fourth-order valence-corrected chi connectivity index (χ4v) is 5.96. The minimum atomic E-state index is -1.58. The van der Waals surface area contributed by atoms with Gasteiger partial charge in [0.2, 0.25) is 0 Å². The number of phenols is 1. The summed E-state index contributed by atoms with van der Waals surface area (Å²) in [6.45, 7) is 17.2. The largest absolute Gasteiger partial charge is 0.507 e. The second-order valence-electron chi connectivity index (χ2n) is 10.8. The van der Waals surface area contributed by atoms with Gasteiger partial charge in [-0.2, -0.15) is 0 Å². The van der Waals surface area contributed by atoms with Gasteiger partial charge < -0.3 is 13.5 Å². The minimum Gasteiger partial charge on any atom is -0.507 e. The molecule has 0 amide bonds. The van der Waals surface area contributed by atoms with E-state index in [1.165, 1.54) is 16.7 Å². The highest BCUT2D eigenvalue weighted by atomic mass is 31.1. The third kappa shape index (κ3) is 5.44. The Kier molecular flexibility index (Phi) is 7.09. The first-order chi connectivity index (χ1) is 16.4. The van der Waals surface area contributed by atoms with Gasteiger partial charge in [0.25, 0.3) is 0 Å². The molecule has 0 fully saturated rings. The molecule has 35 heavy (non-hydrogen) atoms. The van der Waals surface area contributed by atoms with Crippen molar-refractivity contribution < 1.29 is 18.0 Å². The summed E-state index contributed by atoms with van der Waals surface area (Å²) < 4.78 is 18.9. The fraction of sp³-hybridized carbons (Fsp3) is 0.400. The molecule has 1 aromatic heterocycles. The maximum atomic E-state index is 10.5. The fourth-order valence-electron chi connectivity index (χ4n) is 4.76. The van der Waals surface area contributed by atoms with Gasteiger partial charge in [0.1, 0.15) is 16.9 Å². The summed E-state index contributed by atoms with van der Waals surface area (Å²) in [6.07, 6.45) is 1.69. The smallest absolute Gasteiger partial charge is 0.387 e. The molecule has 0 unspecified atom stereocenters. The predicted octanol–water partition coefficient (Wildman–Crippen LogP) is 8.90. The van der Waals surface area contributed by atoms with Crippen LogP contribution in [-0.2, 0) is 11.8 Å². The maximum absolute atomic E-state index is 10.5. The Balaban J connectivity index is 1.64. The van der Waals surface area contributed by atoms with Crippen molar-refractivity contribution in [1.82, 2.24) is 0 Å². The van der Waals surface area contributed by atoms with Crippen molar-refractivity contribution in [2.24, 2.45) is 0 Å². The van der Waals surface area contributed by atoms with E-state index in [-0.39, 0.29) is 5.41 Å². The molecule has 0 radical (unpaired) electrons. The molecule has 0 saturated heterocycles. The van der Waals surface area contributed by atoms with E-state index < -0.39 is 8.24 Å². The summed E-state index contributed by atoms with van der Waals surface area (Å²) in [4.78, 5) is 0. The summed E-state index contributed by atoms with van der Waals surface area (Å²) in [5.41, 5.74) is 9.24. The lowest BCUT2D eigenvalue weighted by atomic mass is 9.83. The number of phenolic OH excluding ortho intramolecular Hbond substituents is 1. The highest BCUT2D eigenvalue weighted by molar-refractivity contribution is 7.31. The molecular weight excluding hydrogens is 455 g/mol. The molecule has 0 bridgehead atoms. The van der Waals surface area contributed by atoms with Crippen molar-refractivity contribution >= 4 is 30.2 Å². The van der Waals surface area contributed by atoms with Crippen LogP contribution in [0.5, 0.6) is 5.75 Å². The number of aromatic hydroxyl groups is 1. The van der Waals surface area contributed by atoms with Gasteiger partial charge in [-0.3, -0.25) is 4.52 Å². The van der Waals surface area contributed by atoms with Crippen LogP contribution in [0.25, 0.3) is 21.9 Å². The number of rotatable bonds is 5. The topological polar surface area (TPSA) is 55.7 Å². The van der Waals surface area contributed by atoms with Crippen LogP contribution in [0.4, 0.5) is 0 Å². The second kappa shape index (κ2) is 9.76. The van der Waals surface area contributed by atoms with E-state index >= 15 is 0 Å². The zero-order valence-electron chi connectivity index (χ0n) is 22.2. The monoisotopic (exact) mass is 492 g/mol. The van der Waals surface area contributed by atoms with Crippen molar-refractivity contribution in [3.05, 3.63) is 75.3 Å². The van der Waals surface area contributed by atoms with Crippen LogP contribution in [0.15, 0.2) is 44.8 Å². The summed E-state index contributed by atoms with van der Waals surface area (Å²) in [6, 6.07) is 12.8. The molecule has 4 nitrogen and oxygen atoms in total. The number of hydrogen-bond acceptors (Lipinski definition) is 4. The van der Waals surface area contributed by atoms with E-state index in [9.17, 15) is 5.11 Å². The van der Waals surface area contributed by atoms with Crippen LogP contribution in [0.1, 0.15) is 66.1 Å². The van der Waals surface area contributed by atoms with Crippen LogP contribution in [0.3, 0.4) is 0 Å². The third-order valence-corrected chi connectivity index (χ3v) is 7.49. The lowest BCUT2D eigenvalue weighted by Crippen LogP contribution is -2.12. The summed E-state index contributed by atoms with van der Waals surface area (Å²) >= 11 is 0. The van der Waals surface area contributed by atoms with Crippen LogP contribution in [-0.4, -0.2) is 11.7 Å². The van der Waals surface area contributed by atoms with Gasteiger partial charge in [-0.05, 0) is 104 Å². The van der Waals surface area contributed by atoms with Gasteiger partial charge in [0, 0.05) is 10.8 Å². The lowest BCUT2D eigenvalue weighted by molar-refractivity contribution is 0.364. The average Bonchev–Trinajstić information content (AvgIpc) is 2.90. The number of aryl methyl sites for hydroxylation is 6. The average molecular weight is 493 g/mol. The highest BCUT2D eigenvalue weighted by Gasteiger charge is 2.20. The van der Waals surface area contributed by atoms with E-state index in [1.54, 1.807) is 0 Å². The predicted molar refractivity (Wildman–Crippen MR) is 147 cm³/mol. The van der Waals surface area contributed by atoms with Crippen molar-refractivity contribution in [2.75, 3.05) is 6.61 Å². The Morgan fingerprint density at radius 2 is 1.31 bits per heavy atom. The molecule has 0 atom stereocenters. The Morgan fingerprint density at radius 3 is 1.83 bits per heavy atom. The Bertz CT molecular complexity index is 1370. The van der Waals surface area contributed by atoms with Crippen molar-refractivity contribution in [2.45, 2.75) is 73.6 Å². The van der Waals surface area contributed by atoms with Gasteiger partial charge in [0.15, 0.2) is 0 Å². The first-order valence-electron chi connectivity index (χ1n) is 12.3. The molecular formula is C30H37O4P. The molecule has 186 valence electrons. The van der Waals surface area contributed by atoms with Crippen LogP contribution in [0, 0.1) is 34.6 Å². The molecule has 3 aromatic carbocycles. The maximum Gasteiger partial charge on any atom is 0.387 e. The van der Waals surface area contributed by atoms with Crippen LogP contribution < -0.4 is 4.52 Å². The molecule has 0 spiro atoms. The van der Waals surface area contributed by atoms with Gasteiger partial charge in [-0.1, -0.05) is 45.0 Å². The second-order valence-corrected chi connectivity index (χ2v) is 11.9. The standard InChI is InChI=1S/C30H37O4P/c1-18-12-21(4)28-24(14-18)25-15-19(2)13-22(5)29(25)34-35(33-28)32-11-9-10-23-16-20(3)27(31)26(17-23)30(6,7)8/h12-17,31H,9-11H2,1-8H3. The van der Waals surface area contributed by atoms with Gasteiger partial charge >= 0.3 is 8.24 Å². The zero-order chi connectivity index (χ0) is 25.5. The highest BCUT2D eigenvalue weighted by Crippen LogP contribution is 2.38. The number of fused-ring (bicyclic) bond motifs is 3.